The molecule has 0 aliphatic rings. The molecule has 0 atom stereocenters. The Kier molecular flexibility index (Phi) is 3.58. The van der Waals surface area contributed by atoms with Crippen LogP contribution in [0.5, 0.6) is 0 Å². The second-order valence-electron chi connectivity index (χ2n) is 3.16. The van der Waals surface area contributed by atoms with Crippen molar-refractivity contribution < 1.29 is 0 Å². The first-order chi connectivity index (χ1) is 7.68. The van der Waals surface area contributed by atoms with Gasteiger partial charge in [0.15, 0.2) is 0 Å². The number of thiocarbonyl (C=S) groups is 1. The van der Waals surface area contributed by atoms with E-state index in [1.165, 1.54) is 0 Å². The second-order valence-corrected chi connectivity index (χ2v) is 5.24. The van der Waals surface area contributed by atoms with Gasteiger partial charge in [-0.3, -0.25) is 0 Å². The molecule has 2 nitrogen and oxygen atoms in total. The molecule has 5 heteroatoms. The molecule has 1 aromatic heterocycles. The van der Waals surface area contributed by atoms with Crippen LogP contribution >= 0.6 is 39.5 Å². The van der Waals surface area contributed by atoms with Gasteiger partial charge in [-0.2, -0.15) is 11.3 Å². The number of anilines is 2. The number of nitrogens with two attached hydrogens (primary N) is 1. The van der Waals surface area contributed by atoms with E-state index in [1.807, 2.05) is 35.0 Å². The summed E-state index contributed by atoms with van der Waals surface area (Å²) < 4.78 is 0.903. The maximum absolute atomic E-state index is 5.71. The van der Waals surface area contributed by atoms with Gasteiger partial charge in [-0.05, 0) is 39.5 Å². The Labute approximate surface area is 112 Å². The maximum Gasteiger partial charge on any atom is 0.107 e. The van der Waals surface area contributed by atoms with Crippen molar-refractivity contribution in [1.82, 2.24) is 0 Å². The van der Waals surface area contributed by atoms with Crippen LogP contribution in [0.1, 0.15) is 5.56 Å². The minimum absolute atomic E-state index is 0.380. The Morgan fingerprint density at radius 1 is 1.38 bits per heavy atom. The number of rotatable bonds is 3. The Hall–Kier alpha value is -0.910. The first kappa shape index (κ1) is 11.6. The lowest BCUT2D eigenvalue weighted by Gasteiger charge is -2.11. The van der Waals surface area contributed by atoms with Crippen molar-refractivity contribution in [3.8, 4) is 0 Å². The van der Waals surface area contributed by atoms with Gasteiger partial charge >= 0.3 is 0 Å². The van der Waals surface area contributed by atoms with Crippen molar-refractivity contribution in [1.29, 1.82) is 0 Å². The fraction of sp³-hybridized carbons (Fsp3) is 0. The summed E-state index contributed by atoms with van der Waals surface area (Å²) >= 11 is 10.1. The number of benzene rings is 1. The molecule has 0 aliphatic heterocycles. The molecular weight excluding hydrogens is 304 g/mol. The lowest BCUT2D eigenvalue weighted by Crippen LogP contribution is -2.12. The van der Waals surface area contributed by atoms with E-state index in [0.29, 0.717) is 4.99 Å². The third kappa shape index (κ3) is 2.42. The van der Waals surface area contributed by atoms with E-state index in [4.69, 9.17) is 18.0 Å². The molecule has 2 rings (SSSR count). The predicted octanol–water partition coefficient (Wildman–Crippen LogP) is 3.89. The molecule has 0 fully saturated rings. The Morgan fingerprint density at radius 3 is 2.81 bits per heavy atom. The van der Waals surface area contributed by atoms with Crippen LogP contribution in [-0.2, 0) is 0 Å². The normalized spacial score (nSPS) is 10.1. The van der Waals surface area contributed by atoms with E-state index in [-0.39, 0.29) is 0 Å². The quantitative estimate of drug-likeness (QED) is 0.844. The zero-order valence-electron chi connectivity index (χ0n) is 8.24. The summed E-state index contributed by atoms with van der Waals surface area (Å²) in [5.74, 6) is 0. The van der Waals surface area contributed by atoms with Crippen LogP contribution in [0, 0.1) is 0 Å². The molecule has 1 heterocycles. The molecule has 0 radical (unpaired) electrons. The maximum atomic E-state index is 5.71. The number of nitrogens with one attached hydrogen (secondary N) is 1. The Balaban J connectivity index is 2.40. The van der Waals surface area contributed by atoms with Crippen LogP contribution in [-0.4, -0.2) is 4.99 Å². The minimum Gasteiger partial charge on any atom is -0.389 e. The van der Waals surface area contributed by atoms with Gasteiger partial charge in [0.05, 0.1) is 0 Å². The summed E-state index contributed by atoms with van der Waals surface area (Å²) in [5, 5.41) is 7.33. The molecule has 0 bridgehead atoms. The molecule has 0 amide bonds. The van der Waals surface area contributed by atoms with Crippen LogP contribution in [0.15, 0.2) is 39.5 Å². The highest BCUT2D eigenvalue weighted by Crippen LogP contribution is 2.28. The van der Waals surface area contributed by atoms with Gasteiger partial charge in [0.1, 0.15) is 4.99 Å². The van der Waals surface area contributed by atoms with Crippen LogP contribution < -0.4 is 11.1 Å². The molecule has 1 aromatic carbocycles. The number of hydrogen-bond donors (Lipinski definition) is 2. The van der Waals surface area contributed by atoms with Crippen molar-refractivity contribution in [2.75, 3.05) is 5.32 Å². The third-order valence-electron chi connectivity index (χ3n) is 2.06. The van der Waals surface area contributed by atoms with Gasteiger partial charge < -0.3 is 11.1 Å². The zero-order chi connectivity index (χ0) is 11.5. The average Bonchev–Trinajstić information content (AvgIpc) is 2.70. The van der Waals surface area contributed by atoms with E-state index < -0.39 is 0 Å². The van der Waals surface area contributed by atoms with E-state index in [1.54, 1.807) is 11.3 Å². The Bertz CT molecular complexity index is 509. The fourth-order valence-electron chi connectivity index (χ4n) is 1.37. The summed E-state index contributed by atoms with van der Waals surface area (Å²) in [6.45, 7) is 0. The van der Waals surface area contributed by atoms with Crippen molar-refractivity contribution >= 4 is 55.8 Å². The van der Waals surface area contributed by atoms with Crippen molar-refractivity contribution in [3.05, 3.63) is 45.1 Å². The monoisotopic (exact) mass is 312 g/mol. The fourth-order valence-corrected chi connectivity index (χ4v) is 2.89. The lowest BCUT2D eigenvalue weighted by atomic mass is 10.1. The smallest absolute Gasteiger partial charge is 0.107 e. The van der Waals surface area contributed by atoms with Crippen LogP contribution in [0.2, 0.25) is 0 Å². The van der Waals surface area contributed by atoms with Gasteiger partial charge in [-0.25, -0.2) is 0 Å². The molecule has 0 saturated carbocycles. The van der Waals surface area contributed by atoms with Gasteiger partial charge in [-0.1, -0.05) is 18.3 Å². The molecule has 2 aromatic rings. The second kappa shape index (κ2) is 4.95. The highest BCUT2D eigenvalue weighted by Gasteiger charge is 2.09. The molecule has 16 heavy (non-hydrogen) atoms. The third-order valence-corrected chi connectivity index (χ3v) is 3.61. The minimum atomic E-state index is 0.380. The first-order valence-electron chi connectivity index (χ1n) is 4.56. The molecule has 82 valence electrons. The molecule has 0 aliphatic carbocycles. The van der Waals surface area contributed by atoms with Crippen molar-refractivity contribution in [2.24, 2.45) is 5.73 Å². The highest BCUT2D eigenvalue weighted by atomic mass is 79.9. The lowest BCUT2D eigenvalue weighted by molar-refractivity contribution is 1.52. The topological polar surface area (TPSA) is 38.0 Å². The van der Waals surface area contributed by atoms with Gasteiger partial charge in [0, 0.05) is 26.8 Å². The van der Waals surface area contributed by atoms with Crippen LogP contribution in [0.25, 0.3) is 0 Å². The van der Waals surface area contributed by atoms with E-state index in [2.05, 4.69) is 21.2 Å². The summed E-state index contributed by atoms with van der Waals surface area (Å²) in [6, 6.07) is 7.83. The highest BCUT2D eigenvalue weighted by molar-refractivity contribution is 9.10. The summed E-state index contributed by atoms with van der Waals surface area (Å²) in [6.07, 6.45) is 0. The Morgan fingerprint density at radius 2 is 2.19 bits per heavy atom. The van der Waals surface area contributed by atoms with Crippen LogP contribution in [0.3, 0.4) is 0 Å². The average molecular weight is 313 g/mol. The number of thiophene rings is 1. The number of halogens is 1. The van der Waals surface area contributed by atoms with Crippen LogP contribution in [0.4, 0.5) is 11.4 Å². The summed E-state index contributed by atoms with van der Waals surface area (Å²) in [7, 11) is 0. The zero-order valence-corrected chi connectivity index (χ0v) is 11.5. The van der Waals surface area contributed by atoms with E-state index in [0.717, 1.165) is 21.4 Å². The largest absolute Gasteiger partial charge is 0.389 e. The molecule has 0 unspecified atom stereocenters. The van der Waals surface area contributed by atoms with Gasteiger partial charge in [0.2, 0.25) is 0 Å². The van der Waals surface area contributed by atoms with Crippen molar-refractivity contribution in [3.63, 3.8) is 0 Å². The predicted molar refractivity (Wildman–Crippen MR) is 77.6 cm³/mol. The molecular formula is C11H9BrN2S2. The molecule has 0 saturated heterocycles. The summed E-state index contributed by atoms with van der Waals surface area (Å²) in [4.78, 5) is 0.380. The van der Waals surface area contributed by atoms with Crippen molar-refractivity contribution in [2.45, 2.75) is 0 Å². The van der Waals surface area contributed by atoms with Gasteiger partial charge in [-0.15, -0.1) is 0 Å². The summed E-state index contributed by atoms with van der Waals surface area (Å²) in [5.41, 5.74) is 8.50. The van der Waals surface area contributed by atoms with E-state index in [9.17, 15) is 0 Å². The van der Waals surface area contributed by atoms with E-state index >= 15 is 0 Å². The standard InChI is InChI=1S/C11H9BrN2S2/c12-8-2-1-3-9(10(8)11(13)15)14-7-4-5-16-6-7/h1-6,14H,(H2,13,15). The molecule has 3 N–H and O–H groups in total. The first-order valence-corrected chi connectivity index (χ1v) is 6.70. The SMILES string of the molecule is NC(=S)c1c(Br)cccc1Nc1ccsc1. The van der Waals surface area contributed by atoms with Gasteiger partial charge in [0.25, 0.3) is 0 Å². The number of hydrogen-bond acceptors (Lipinski definition) is 3. The molecule has 0 spiro atoms.